The predicted octanol–water partition coefficient (Wildman–Crippen LogP) is -0.715. The molecule has 1 aliphatic heterocycles. The molecular weight excluding hydrogens is 300 g/mol. The molecule has 1 aromatic rings. The lowest BCUT2D eigenvalue weighted by atomic mass is 9.94. The molecule has 0 saturated heterocycles. The van der Waals surface area contributed by atoms with Crippen LogP contribution in [-0.2, 0) is 14.4 Å². The van der Waals surface area contributed by atoms with Crippen LogP contribution in [0.1, 0.15) is 18.9 Å². The number of rotatable bonds is 5. The minimum absolute atomic E-state index is 0.0110. The molecule has 2 rings (SSSR count). The lowest BCUT2D eigenvalue weighted by molar-refractivity contribution is -0.122. The first-order valence-electron chi connectivity index (χ1n) is 6.78. The number of carbonyl (C=O) groups is 3. The standard InChI is InChI=1S/C14H16N6O3/c1-7-6-10(21)18-19-11(7)8-2-4-9(5-3-8)17-20-12(13(15)22)14(16)23/h2-5,7,17H,6H2,1H3,(H2,15,22)(H2,16,23)(H,18,21). The number of amides is 3. The Labute approximate surface area is 131 Å². The summed E-state index contributed by atoms with van der Waals surface area (Å²) in [4.78, 5) is 33.2. The summed E-state index contributed by atoms with van der Waals surface area (Å²) in [5.41, 5.74) is 16.5. The molecule has 120 valence electrons. The van der Waals surface area contributed by atoms with Crippen molar-refractivity contribution in [2.45, 2.75) is 13.3 Å². The monoisotopic (exact) mass is 316 g/mol. The number of anilines is 1. The molecule has 0 radical (unpaired) electrons. The molecule has 0 saturated carbocycles. The Balaban J connectivity index is 2.14. The zero-order valence-corrected chi connectivity index (χ0v) is 12.4. The van der Waals surface area contributed by atoms with Crippen LogP contribution in [0.25, 0.3) is 0 Å². The van der Waals surface area contributed by atoms with E-state index in [0.29, 0.717) is 12.1 Å². The predicted molar refractivity (Wildman–Crippen MR) is 84.3 cm³/mol. The SMILES string of the molecule is CC1CC(=O)NN=C1c1ccc(NN=C(C(N)=O)C(N)=O)cc1. The van der Waals surface area contributed by atoms with E-state index in [-0.39, 0.29) is 11.8 Å². The van der Waals surface area contributed by atoms with Crippen molar-refractivity contribution in [3.63, 3.8) is 0 Å². The largest absolute Gasteiger partial charge is 0.364 e. The smallest absolute Gasteiger partial charge is 0.274 e. The van der Waals surface area contributed by atoms with Crippen LogP contribution in [0.4, 0.5) is 5.69 Å². The molecule has 0 aromatic heterocycles. The van der Waals surface area contributed by atoms with Gasteiger partial charge in [0.2, 0.25) is 11.6 Å². The van der Waals surface area contributed by atoms with Crippen LogP contribution in [0.3, 0.4) is 0 Å². The van der Waals surface area contributed by atoms with Gasteiger partial charge in [0.1, 0.15) is 0 Å². The van der Waals surface area contributed by atoms with Gasteiger partial charge in [-0.25, -0.2) is 5.43 Å². The van der Waals surface area contributed by atoms with E-state index < -0.39 is 17.5 Å². The summed E-state index contributed by atoms with van der Waals surface area (Å²) in [6, 6.07) is 6.92. The molecular formula is C14H16N6O3. The number of benzene rings is 1. The number of hydrazone groups is 2. The first kappa shape index (κ1) is 16.1. The van der Waals surface area contributed by atoms with Crippen LogP contribution >= 0.6 is 0 Å². The first-order valence-corrected chi connectivity index (χ1v) is 6.78. The number of nitrogens with one attached hydrogen (secondary N) is 2. The average molecular weight is 316 g/mol. The van der Waals surface area contributed by atoms with Gasteiger partial charge in [0.25, 0.3) is 11.8 Å². The van der Waals surface area contributed by atoms with Gasteiger partial charge in [-0.05, 0) is 17.7 Å². The summed E-state index contributed by atoms with van der Waals surface area (Å²) < 4.78 is 0. The summed E-state index contributed by atoms with van der Waals surface area (Å²) in [5.74, 6) is -2.12. The Morgan fingerprint density at radius 1 is 1.26 bits per heavy atom. The molecule has 1 unspecified atom stereocenters. The van der Waals surface area contributed by atoms with E-state index in [2.05, 4.69) is 21.1 Å². The maximum Gasteiger partial charge on any atom is 0.274 e. The Morgan fingerprint density at radius 3 is 2.39 bits per heavy atom. The normalized spacial score (nSPS) is 16.8. The highest BCUT2D eigenvalue weighted by Crippen LogP contribution is 2.18. The number of hydrogen-bond donors (Lipinski definition) is 4. The third kappa shape index (κ3) is 3.90. The summed E-state index contributed by atoms with van der Waals surface area (Å²) >= 11 is 0. The minimum Gasteiger partial charge on any atom is -0.364 e. The van der Waals surface area contributed by atoms with E-state index in [0.717, 1.165) is 11.3 Å². The van der Waals surface area contributed by atoms with Crippen molar-refractivity contribution < 1.29 is 14.4 Å². The molecule has 23 heavy (non-hydrogen) atoms. The van der Waals surface area contributed by atoms with Crippen molar-refractivity contribution in [1.82, 2.24) is 5.43 Å². The van der Waals surface area contributed by atoms with Crippen molar-refractivity contribution in [3.05, 3.63) is 29.8 Å². The Bertz CT molecular complexity index is 692. The van der Waals surface area contributed by atoms with Gasteiger partial charge in [-0.15, -0.1) is 0 Å². The number of nitrogens with zero attached hydrogens (tertiary/aromatic N) is 2. The van der Waals surface area contributed by atoms with Gasteiger partial charge in [0.05, 0.1) is 11.4 Å². The van der Waals surface area contributed by atoms with Gasteiger partial charge in [-0.2, -0.15) is 10.2 Å². The summed E-state index contributed by atoms with van der Waals surface area (Å²) in [6.07, 6.45) is 0.379. The van der Waals surface area contributed by atoms with Gasteiger partial charge >= 0.3 is 0 Å². The molecule has 0 aliphatic carbocycles. The maximum atomic E-state index is 11.2. The summed E-state index contributed by atoms with van der Waals surface area (Å²) in [5, 5.41) is 7.65. The van der Waals surface area contributed by atoms with Crippen LogP contribution in [0.15, 0.2) is 34.5 Å². The maximum absolute atomic E-state index is 11.2. The average Bonchev–Trinajstić information content (AvgIpc) is 2.47. The van der Waals surface area contributed by atoms with Crippen LogP contribution in [0.2, 0.25) is 0 Å². The van der Waals surface area contributed by atoms with Gasteiger partial charge in [0, 0.05) is 12.3 Å². The van der Waals surface area contributed by atoms with E-state index in [9.17, 15) is 14.4 Å². The molecule has 3 amide bonds. The van der Waals surface area contributed by atoms with Gasteiger partial charge in [-0.1, -0.05) is 19.1 Å². The quantitative estimate of drug-likeness (QED) is 0.322. The zero-order chi connectivity index (χ0) is 17.0. The molecule has 6 N–H and O–H groups in total. The molecule has 1 heterocycles. The number of hydrogen-bond acceptors (Lipinski definition) is 6. The molecule has 1 aromatic carbocycles. The number of carbonyl (C=O) groups excluding carboxylic acids is 3. The van der Waals surface area contributed by atoms with E-state index in [1.165, 1.54) is 0 Å². The van der Waals surface area contributed by atoms with Gasteiger partial charge in [0.15, 0.2) is 0 Å². The van der Waals surface area contributed by atoms with Crippen molar-refractivity contribution in [2.24, 2.45) is 27.6 Å². The van der Waals surface area contributed by atoms with Crippen molar-refractivity contribution in [2.75, 3.05) is 5.43 Å². The minimum atomic E-state index is -1.01. The third-order valence-corrected chi connectivity index (χ3v) is 3.20. The van der Waals surface area contributed by atoms with Crippen LogP contribution in [-0.4, -0.2) is 29.1 Å². The van der Waals surface area contributed by atoms with E-state index in [1.807, 2.05) is 6.92 Å². The highest BCUT2D eigenvalue weighted by Gasteiger charge is 2.21. The van der Waals surface area contributed by atoms with Crippen molar-refractivity contribution in [3.8, 4) is 0 Å². The zero-order valence-electron chi connectivity index (χ0n) is 12.4. The molecule has 9 heteroatoms. The fourth-order valence-electron chi connectivity index (χ4n) is 2.07. The highest BCUT2D eigenvalue weighted by atomic mass is 16.2. The number of primary amides is 2. The van der Waals surface area contributed by atoms with E-state index >= 15 is 0 Å². The van der Waals surface area contributed by atoms with Crippen molar-refractivity contribution in [1.29, 1.82) is 0 Å². The van der Waals surface area contributed by atoms with Gasteiger partial charge < -0.3 is 11.5 Å². The summed E-state index contributed by atoms with van der Waals surface area (Å²) in [6.45, 7) is 1.92. The van der Waals surface area contributed by atoms with Crippen molar-refractivity contribution >= 4 is 34.8 Å². The fraction of sp³-hybridized carbons (Fsp3) is 0.214. The molecule has 0 fully saturated rings. The molecule has 0 spiro atoms. The van der Waals surface area contributed by atoms with E-state index in [4.69, 9.17) is 11.5 Å². The lowest BCUT2D eigenvalue weighted by Crippen LogP contribution is -2.36. The second-order valence-corrected chi connectivity index (χ2v) is 5.02. The number of nitrogens with two attached hydrogens (primary N) is 2. The lowest BCUT2D eigenvalue weighted by Gasteiger charge is -2.19. The third-order valence-electron chi connectivity index (χ3n) is 3.20. The van der Waals surface area contributed by atoms with E-state index in [1.54, 1.807) is 24.3 Å². The Kier molecular flexibility index (Phi) is 4.69. The van der Waals surface area contributed by atoms with Crippen LogP contribution in [0.5, 0.6) is 0 Å². The topological polar surface area (TPSA) is 152 Å². The molecule has 1 atom stereocenters. The second-order valence-electron chi connectivity index (χ2n) is 5.02. The fourth-order valence-corrected chi connectivity index (χ4v) is 2.07. The molecule has 9 nitrogen and oxygen atoms in total. The highest BCUT2D eigenvalue weighted by molar-refractivity contribution is 6.64. The van der Waals surface area contributed by atoms with Crippen LogP contribution < -0.4 is 22.3 Å². The molecule has 0 bridgehead atoms. The Hall–Kier alpha value is -3.23. The summed E-state index contributed by atoms with van der Waals surface area (Å²) in [7, 11) is 0. The molecule has 1 aliphatic rings. The van der Waals surface area contributed by atoms with Gasteiger partial charge in [-0.3, -0.25) is 19.8 Å². The Morgan fingerprint density at radius 2 is 1.87 bits per heavy atom. The van der Waals surface area contributed by atoms with Crippen LogP contribution in [0, 0.1) is 5.92 Å². The second kappa shape index (κ2) is 6.69. The first-order chi connectivity index (χ1) is 10.9.